The van der Waals surface area contributed by atoms with Gasteiger partial charge in [-0.2, -0.15) is 0 Å². The van der Waals surface area contributed by atoms with Gasteiger partial charge in [-0.25, -0.2) is 0 Å². The standard InChI is InChI=1S/C19H22N2O3/c1-3-4-13-20-18(22)14-5-7-15(8-6-14)19(23)21-16-9-11-17(24-2)12-10-16/h5-12H,3-4,13H2,1-2H3,(H,20,22)(H,21,23). The molecule has 0 saturated heterocycles. The van der Waals surface area contributed by atoms with Crippen LogP contribution in [0.2, 0.25) is 0 Å². The summed E-state index contributed by atoms with van der Waals surface area (Å²) >= 11 is 0. The van der Waals surface area contributed by atoms with E-state index in [-0.39, 0.29) is 11.8 Å². The third-order valence-electron chi connectivity index (χ3n) is 3.57. The SMILES string of the molecule is CCCCNC(=O)c1ccc(C(=O)Nc2ccc(OC)cc2)cc1. The molecule has 2 rings (SSSR count). The van der Waals surface area contributed by atoms with Crippen LogP contribution in [0.1, 0.15) is 40.5 Å². The summed E-state index contributed by atoms with van der Waals surface area (Å²) in [5.41, 5.74) is 1.73. The summed E-state index contributed by atoms with van der Waals surface area (Å²) in [6, 6.07) is 13.7. The first-order chi connectivity index (χ1) is 11.6. The number of carbonyl (C=O) groups is 2. The molecule has 0 saturated carbocycles. The molecule has 2 aromatic rings. The van der Waals surface area contributed by atoms with Gasteiger partial charge in [-0.05, 0) is 55.0 Å². The summed E-state index contributed by atoms with van der Waals surface area (Å²) in [4.78, 5) is 24.1. The van der Waals surface area contributed by atoms with Crippen LogP contribution in [0.5, 0.6) is 5.75 Å². The van der Waals surface area contributed by atoms with Crippen molar-refractivity contribution in [1.82, 2.24) is 5.32 Å². The van der Waals surface area contributed by atoms with Crippen LogP contribution in [0, 0.1) is 0 Å². The lowest BCUT2D eigenvalue weighted by molar-refractivity contribution is 0.0951. The number of carbonyl (C=O) groups excluding carboxylic acids is 2. The van der Waals surface area contributed by atoms with Gasteiger partial charge in [0.2, 0.25) is 0 Å². The van der Waals surface area contributed by atoms with E-state index in [1.165, 1.54) is 0 Å². The first-order valence-corrected chi connectivity index (χ1v) is 7.97. The van der Waals surface area contributed by atoms with Crippen molar-refractivity contribution in [2.24, 2.45) is 0 Å². The molecule has 5 heteroatoms. The van der Waals surface area contributed by atoms with Crippen molar-refractivity contribution in [3.8, 4) is 5.75 Å². The molecule has 0 unspecified atom stereocenters. The van der Waals surface area contributed by atoms with Crippen molar-refractivity contribution < 1.29 is 14.3 Å². The Kier molecular flexibility index (Phi) is 6.37. The molecule has 2 N–H and O–H groups in total. The fraction of sp³-hybridized carbons (Fsp3) is 0.263. The van der Waals surface area contributed by atoms with Crippen molar-refractivity contribution in [2.75, 3.05) is 19.0 Å². The molecule has 0 aliphatic heterocycles. The highest BCUT2D eigenvalue weighted by atomic mass is 16.5. The number of nitrogens with one attached hydrogen (secondary N) is 2. The number of hydrogen-bond donors (Lipinski definition) is 2. The van der Waals surface area contributed by atoms with E-state index in [4.69, 9.17) is 4.74 Å². The highest BCUT2D eigenvalue weighted by Crippen LogP contribution is 2.16. The van der Waals surface area contributed by atoms with Crippen molar-refractivity contribution in [3.05, 3.63) is 59.7 Å². The van der Waals surface area contributed by atoms with Crippen molar-refractivity contribution in [2.45, 2.75) is 19.8 Å². The largest absolute Gasteiger partial charge is 0.497 e. The fourth-order valence-electron chi connectivity index (χ4n) is 2.13. The summed E-state index contributed by atoms with van der Waals surface area (Å²) in [7, 11) is 1.59. The second kappa shape index (κ2) is 8.72. The number of ether oxygens (including phenoxy) is 1. The smallest absolute Gasteiger partial charge is 0.255 e. The van der Waals surface area contributed by atoms with Gasteiger partial charge in [-0.1, -0.05) is 13.3 Å². The van der Waals surface area contributed by atoms with Crippen LogP contribution < -0.4 is 15.4 Å². The van der Waals surface area contributed by atoms with Gasteiger partial charge in [0.25, 0.3) is 11.8 Å². The van der Waals surface area contributed by atoms with Gasteiger partial charge < -0.3 is 15.4 Å². The maximum atomic E-state index is 12.2. The lowest BCUT2D eigenvalue weighted by Gasteiger charge is -2.08. The Labute approximate surface area is 142 Å². The zero-order valence-electron chi connectivity index (χ0n) is 14.0. The van der Waals surface area contributed by atoms with Crippen molar-refractivity contribution in [3.63, 3.8) is 0 Å². The molecule has 0 heterocycles. The molecule has 0 atom stereocenters. The lowest BCUT2D eigenvalue weighted by atomic mass is 10.1. The van der Waals surface area contributed by atoms with E-state index in [9.17, 15) is 9.59 Å². The molecule has 0 bridgehead atoms. The predicted molar refractivity (Wildman–Crippen MR) is 94.6 cm³/mol. The first-order valence-electron chi connectivity index (χ1n) is 7.97. The zero-order valence-corrected chi connectivity index (χ0v) is 14.0. The third-order valence-corrected chi connectivity index (χ3v) is 3.57. The summed E-state index contributed by atoms with van der Waals surface area (Å²) in [6.07, 6.45) is 1.98. The van der Waals surface area contributed by atoms with Crippen LogP contribution in [0.4, 0.5) is 5.69 Å². The molecule has 24 heavy (non-hydrogen) atoms. The Morgan fingerprint density at radius 2 is 1.50 bits per heavy atom. The van der Waals surface area contributed by atoms with Gasteiger partial charge in [0.15, 0.2) is 0 Å². The number of benzene rings is 2. The molecule has 0 aromatic heterocycles. The molecule has 126 valence electrons. The molecule has 2 aromatic carbocycles. The molecule has 2 amide bonds. The minimum atomic E-state index is -0.224. The van der Waals surface area contributed by atoms with Crippen LogP contribution in [0.3, 0.4) is 0 Å². The van der Waals surface area contributed by atoms with E-state index in [1.807, 2.05) is 0 Å². The topological polar surface area (TPSA) is 67.4 Å². The van der Waals surface area contributed by atoms with Crippen molar-refractivity contribution in [1.29, 1.82) is 0 Å². The molecular weight excluding hydrogens is 304 g/mol. The number of amides is 2. The number of rotatable bonds is 7. The number of anilines is 1. The van der Waals surface area contributed by atoms with Crippen LogP contribution in [0.25, 0.3) is 0 Å². The predicted octanol–water partition coefficient (Wildman–Crippen LogP) is 3.48. The average Bonchev–Trinajstić information content (AvgIpc) is 2.62. The summed E-state index contributed by atoms with van der Waals surface area (Å²) in [5, 5.41) is 5.65. The Hall–Kier alpha value is -2.82. The van der Waals surface area contributed by atoms with E-state index in [0.717, 1.165) is 18.6 Å². The van der Waals surface area contributed by atoms with Crippen LogP contribution in [-0.2, 0) is 0 Å². The Balaban J connectivity index is 1.96. The van der Waals surface area contributed by atoms with E-state index < -0.39 is 0 Å². The van der Waals surface area contributed by atoms with Gasteiger partial charge in [-0.3, -0.25) is 9.59 Å². The molecule has 0 spiro atoms. The second-order valence-corrected chi connectivity index (χ2v) is 5.37. The monoisotopic (exact) mass is 326 g/mol. The number of unbranched alkanes of at least 4 members (excludes halogenated alkanes) is 1. The molecule has 5 nitrogen and oxygen atoms in total. The third kappa shape index (κ3) is 4.84. The highest BCUT2D eigenvalue weighted by Gasteiger charge is 2.09. The van der Waals surface area contributed by atoms with Gasteiger partial charge in [0.1, 0.15) is 5.75 Å². The van der Waals surface area contributed by atoms with Crippen LogP contribution in [-0.4, -0.2) is 25.5 Å². The minimum Gasteiger partial charge on any atom is -0.497 e. The Morgan fingerprint density at radius 1 is 0.917 bits per heavy atom. The van der Waals surface area contributed by atoms with Crippen LogP contribution >= 0.6 is 0 Å². The fourth-order valence-corrected chi connectivity index (χ4v) is 2.13. The maximum Gasteiger partial charge on any atom is 0.255 e. The van der Waals surface area contributed by atoms with Crippen molar-refractivity contribution >= 4 is 17.5 Å². The minimum absolute atomic E-state index is 0.120. The Bertz CT molecular complexity index is 679. The Morgan fingerprint density at radius 3 is 2.04 bits per heavy atom. The molecule has 0 aliphatic rings. The first kappa shape index (κ1) is 17.5. The van der Waals surface area contributed by atoms with Crippen LogP contribution in [0.15, 0.2) is 48.5 Å². The van der Waals surface area contributed by atoms with E-state index in [2.05, 4.69) is 17.6 Å². The van der Waals surface area contributed by atoms with Gasteiger partial charge in [0.05, 0.1) is 7.11 Å². The summed E-state index contributed by atoms with van der Waals surface area (Å²) in [6.45, 7) is 2.73. The molecular formula is C19H22N2O3. The van der Waals surface area contributed by atoms with E-state index in [0.29, 0.717) is 23.4 Å². The molecule has 0 fully saturated rings. The number of methoxy groups -OCH3 is 1. The quantitative estimate of drug-likeness (QED) is 0.766. The van der Waals surface area contributed by atoms with Gasteiger partial charge >= 0.3 is 0 Å². The normalized spacial score (nSPS) is 10.1. The lowest BCUT2D eigenvalue weighted by Crippen LogP contribution is -2.24. The highest BCUT2D eigenvalue weighted by molar-refractivity contribution is 6.05. The zero-order chi connectivity index (χ0) is 17.4. The maximum absolute atomic E-state index is 12.2. The van der Waals surface area contributed by atoms with E-state index in [1.54, 1.807) is 55.6 Å². The van der Waals surface area contributed by atoms with E-state index >= 15 is 0 Å². The molecule has 0 radical (unpaired) electrons. The summed E-state index contributed by atoms with van der Waals surface area (Å²) < 4.78 is 5.08. The van der Waals surface area contributed by atoms with Gasteiger partial charge in [-0.15, -0.1) is 0 Å². The average molecular weight is 326 g/mol. The van der Waals surface area contributed by atoms with Gasteiger partial charge in [0, 0.05) is 23.4 Å². The number of hydrogen-bond acceptors (Lipinski definition) is 3. The second-order valence-electron chi connectivity index (χ2n) is 5.37. The summed E-state index contributed by atoms with van der Waals surface area (Å²) in [5.74, 6) is 0.384. The molecule has 0 aliphatic carbocycles.